The first-order chi connectivity index (χ1) is 18.1. The van der Waals surface area contributed by atoms with Crippen molar-refractivity contribution in [1.82, 2.24) is 0 Å². The Bertz CT molecular complexity index is 1450. The van der Waals surface area contributed by atoms with Crippen molar-refractivity contribution in [3.63, 3.8) is 0 Å². The van der Waals surface area contributed by atoms with E-state index in [4.69, 9.17) is 19.9 Å². The lowest BCUT2D eigenvalue weighted by molar-refractivity contribution is 0.102. The van der Waals surface area contributed by atoms with Gasteiger partial charge in [-0.1, -0.05) is 18.2 Å². The van der Waals surface area contributed by atoms with Crippen molar-refractivity contribution in [2.24, 2.45) is 0 Å². The van der Waals surface area contributed by atoms with Gasteiger partial charge in [0.1, 0.15) is 34.5 Å². The fourth-order valence-corrected chi connectivity index (χ4v) is 3.49. The number of nitrogens with two attached hydrogens (primary N) is 1. The number of carbonyl (C=O) groups excluding carboxylic acids is 1. The van der Waals surface area contributed by atoms with E-state index in [1.165, 1.54) is 0 Å². The summed E-state index contributed by atoms with van der Waals surface area (Å²) >= 11 is 0. The number of rotatable bonds is 8. The van der Waals surface area contributed by atoms with Crippen LogP contribution in [0.2, 0.25) is 0 Å². The Hall–Kier alpha value is -5.23. The second-order valence-electron chi connectivity index (χ2n) is 8.16. The highest BCUT2D eigenvalue weighted by Crippen LogP contribution is 2.28. The Balaban J connectivity index is 1.14. The molecule has 5 aromatic rings. The van der Waals surface area contributed by atoms with Gasteiger partial charge in [-0.15, -0.1) is 0 Å². The van der Waals surface area contributed by atoms with Gasteiger partial charge in [-0.2, -0.15) is 0 Å². The fourth-order valence-electron chi connectivity index (χ4n) is 3.49. The average molecular weight is 489 g/mol. The molecule has 0 aliphatic heterocycles. The van der Waals surface area contributed by atoms with Gasteiger partial charge in [0.2, 0.25) is 0 Å². The molecular weight excluding hydrogens is 464 g/mol. The Morgan fingerprint density at radius 2 is 0.865 bits per heavy atom. The van der Waals surface area contributed by atoms with Crippen molar-refractivity contribution in [2.75, 3.05) is 11.1 Å². The quantitative estimate of drug-likeness (QED) is 0.217. The van der Waals surface area contributed by atoms with Crippen molar-refractivity contribution in [1.29, 1.82) is 0 Å². The number of nitrogens with one attached hydrogen (secondary N) is 1. The molecule has 182 valence electrons. The largest absolute Gasteiger partial charge is 0.457 e. The van der Waals surface area contributed by atoms with E-state index in [9.17, 15) is 4.79 Å². The van der Waals surface area contributed by atoms with Gasteiger partial charge < -0.3 is 25.3 Å². The second-order valence-corrected chi connectivity index (χ2v) is 8.16. The third kappa shape index (κ3) is 6.46. The van der Waals surface area contributed by atoms with Crippen molar-refractivity contribution in [3.05, 3.63) is 133 Å². The average Bonchev–Trinajstić information content (AvgIpc) is 2.93. The molecule has 0 bridgehead atoms. The summed E-state index contributed by atoms with van der Waals surface area (Å²) in [7, 11) is 0. The third-order valence-corrected chi connectivity index (χ3v) is 5.38. The Morgan fingerprint density at radius 1 is 0.486 bits per heavy atom. The van der Waals surface area contributed by atoms with E-state index in [2.05, 4.69) is 5.32 Å². The summed E-state index contributed by atoms with van der Waals surface area (Å²) in [5.41, 5.74) is 7.58. The normalized spacial score (nSPS) is 10.4. The molecule has 5 rings (SSSR count). The van der Waals surface area contributed by atoms with Crippen LogP contribution in [0.4, 0.5) is 11.4 Å². The maximum Gasteiger partial charge on any atom is 0.255 e. The monoisotopic (exact) mass is 488 g/mol. The molecule has 37 heavy (non-hydrogen) atoms. The maximum absolute atomic E-state index is 12.6. The zero-order valence-corrected chi connectivity index (χ0v) is 19.8. The smallest absolute Gasteiger partial charge is 0.255 e. The van der Waals surface area contributed by atoms with Gasteiger partial charge in [-0.25, -0.2) is 0 Å². The van der Waals surface area contributed by atoms with Crippen molar-refractivity contribution >= 4 is 17.3 Å². The molecule has 0 heterocycles. The van der Waals surface area contributed by atoms with Crippen LogP contribution < -0.4 is 25.3 Å². The highest BCUT2D eigenvalue weighted by Gasteiger charge is 2.08. The van der Waals surface area contributed by atoms with E-state index in [1.807, 2.05) is 66.7 Å². The number of para-hydroxylation sites is 1. The first-order valence-corrected chi connectivity index (χ1v) is 11.7. The molecule has 6 heteroatoms. The van der Waals surface area contributed by atoms with Crippen LogP contribution in [-0.4, -0.2) is 5.91 Å². The number of carbonyl (C=O) groups is 1. The van der Waals surface area contributed by atoms with Crippen LogP contribution in [0.1, 0.15) is 10.4 Å². The zero-order chi connectivity index (χ0) is 25.5. The molecule has 3 N–H and O–H groups in total. The number of ether oxygens (including phenoxy) is 3. The van der Waals surface area contributed by atoms with Gasteiger partial charge in [0, 0.05) is 16.9 Å². The molecule has 1 amide bonds. The summed E-state index contributed by atoms with van der Waals surface area (Å²) in [6.45, 7) is 0. The van der Waals surface area contributed by atoms with Gasteiger partial charge in [0.15, 0.2) is 0 Å². The summed E-state index contributed by atoms with van der Waals surface area (Å²) in [5.74, 6) is 3.90. The first kappa shape index (κ1) is 23.5. The molecule has 0 atom stereocenters. The Kier molecular flexibility index (Phi) is 6.99. The molecule has 0 aliphatic carbocycles. The number of anilines is 2. The van der Waals surface area contributed by atoms with Crippen LogP contribution in [0.5, 0.6) is 34.5 Å². The second kappa shape index (κ2) is 11.0. The van der Waals surface area contributed by atoms with Crippen LogP contribution in [0.15, 0.2) is 127 Å². The lowest BCUT2D eigenvalue weighted by Gasteiger charge is -2.10. The highest BCUT2D eigenvalue weighted by atomic mass is 16.5. The molecule has 5 aromatic carbocycles. The van der Waals surface area contributed by atoms with Gasteiger partial charge in [0.05, 0.1) is 0 Å². The molecular formula is C31H24N2O4. The minimum atomic E-state index is -0.211. The third-order valence-electron chi connectivity index (χ3n) is 5.38. The van der Waals surface area contributed by atoms with Crippen LogP contribution in [0.25, 0.3) is 0 Å². The number of hydrogen-bond donors (Lipinski definition) is 2. The van der Waals surface area contributed by atoms with Gasteiger partial charge in [0.25, 0.3) is 5.91 Å². The molecule has 0 saturated carbocycles. The fraction of sp³-hybridized carbons (Fsp3) is 0. The van der Waals surface area contributed by atoms with E-state index >= 15 is 0 Å². The summed E-state index contributed by atoms with van der Waals surface area (Å²) in [6.07, 6.45) is 0. The van der Waals surface area contributed by atoms with Crippen LogP contribution in [0.3, 0.4) is 0 Å². The van der Waals surface area contributed by atoms with Gasteiger partial charge in [-0.05, 0) is 109 Å². The Labute approximate surface area is 214 Å². The molecule has 6 nitrogen and oxygen atoms in total. The standard InChI is InChI=1S/C31H24N2O4/c32-23-8-14-27(15-9-23)36-29-18-20-30(21-19-29)37-28-16-10-24(11-17-28)33-31(34)22-6-12-26(13-7-22)35-25-4-2-1-3-5-25/h1-21H,32H2,(H,33,34). The van der Waals surface area contributed by atoms with E-state index in [-0.39, 0.29) is 5.91 Å². The molecule has 0 fully saturated rings. The molecule has 0 unspecified atom stereocenters. The van der Waals surface area contributed by atoms with E-state index in [0.29, 0.717) is 45.7 Å². The Morgan fingerprint density at radius 3 is 1.35 bits per heavy atom. The minimum absolute atomic E-state index is 0.211. The zero-order valence-electron chi connectivity index (χ0n) is 19.8. The lowest BCUT2D eigenvalue weighted by Crippen LogP contribution is -2.11. The van der Waals surface area contributed by atoms with E-state index < -0.39 is 0 Å². The molecule has 0 aliphatic rings. The number of nitrogen functional groups attached to an aromatic ring is 1. The number of benzene rings is 5. The number of amides is 1. The maximum atomic E-state index is 12.6. The summed E-state index contributed by atoms with van der Waals surface area (Å²) < 4.78 is 17.5. The predicted molar refractivity (Wildman–Crippen MR) is 145 cm³/mol. The van der Waals surface area contributed by atoms with E-state index in [0.717, 1.165) is 5.75 Å². The summed E-state index contributed by atoms with van der Waals surface area (Å²) in [6, 6.07) is 38.2. The van der Waals surface area contributed by atoms with Crippen LogP contribution >= 0.6 is 0 Å². The summed E-state index contributed by atoms with van der Waals surface area (Å²) in [4.78, 5) is 12.6. The molecule has 0 spiro atoms. The number of hydrogen-bond acceptors (Lipinski definition) is 5. The van der Waals surface area contributed by atoms with E-state index in [1.54, 1.807) is 60.7 Å². The SMILES string of the molecule is Nc1ccc(Oc2ccc(Oc3ccc(NC(=O)c4ccc(Oc5ccccc5)cc4)cc3)cc2)cc1. The van der Waals surface area contributed by atoms with Crippen molar-refractivity contribution in [3.8, 4) is 34.5 Å². The van der Waals surface area contributed by atoms with Gasteiger partial charge >= 0.3 is 0 Å². The lowest BCUT2D eigenvalue weighted by atomic mass is 10.2. The first-order valence-electron chi connectivity index (χ1n) is 11.7. The minimum Gasteiger partial charge on any atom is -0.457 e. The van der Waals surface area contributed by atoms with Crippen LogP contribution in [0, 0.1) is 0 Å². The topological polar surface area (TPSA) is 82.8 Å². The molecule has 0 saturated heterocycles. The molecule has 0 aromatic heterocycles. The van der Waals surface area contributed by atoms with Crippen LogP contribution in [-0.2, 0) is 0 Å². The van der Waals surface area contributed by atoms with Crippen molar-refractivity contribution < 1.29 is 19.0 Å². The predicted octanol–water partition coefficient (Wildman–Crippen LogP) is 7.90. The van der Waals surface area contributed by atoms with Crippen molar-refractivity contribution in [2.45, 2.75) is 0 Å². The highest BCUT2D eigenvalue weighted by molar-refractivity contribution is 6.04. The summed E-state index contributed by atoms with van der Waals surface area (Å²) in [5, 5.41) is 2.89. The van der Waals surface area contributed by atoms with Gasteiger partial charge in [-0.3, -0.25) is 4.79 Å². The molecule has 0 radical (unpaired) electrons.